The predicted molar refractivity (Wildman–Crippen MR) is 264 cm³/mol. The highest BCUT2D eigenvalue weighted by molar-refractivity contribution is 5.77. The predicted octanol–water partition coefficient (Wildman–Crippen LogP) is 14.9. The highest BCUT2D eigenvalue weighted by Gasteiger charge is 2.23. The molecule has 3 N–H and O–H groups in total. The van der Waals surface area contributed by atoms with E-state index in [4.69, 9.17) is 4.74 Å². The molecule has 3 unspecified atom stereocenters. The van der Waals surface area contributed by atoms with Gasteiger partial charge in [-0.1, -0.05) is 221 Å². The van der Waals surface area contributed by atoms with Crippen molar-refractivity contribution in [2.45, 2.75) is 232 Å². The molecule has 6 heteroatoms. The van der Waals surface area contributed by atoms with Crippen LogP contribution in [0.3, 0.4) is 0 Å². The summed E-state index contributed by atoms with van der Waals surface area (Å²) in [4.78, 5) is 26.1. The highest BCUT2D eigenvalue weighted by atomic mass is 16.5. The minimum Gasteiger partial charge on any atom is -0.461 e. The smallest absolute Gasteiger partial charge is 0.306 e. The van der Waals surface area contributed by atoms with Gasteiger partial charge in [0, 0.05) is 12.8 Å². The third kappa shape index (κ3) is 43.2. The Balaban J connectivity index is 4.77. The number of hydrogen-bond acceptors (Lipinski definition) is 5. The molecule has 0 spiro atoms. The van der Waals surface area contributed by atoms with Gasteiger partial charge in [-0.25, -0.2) is 0 Å². The lowest BCUT2D eigenvalue weighted by Gasteiger charge is -2.24. The Morgan fingerprint density at radius 2 is 0.967 bits per heavy atom. The van der Waals surface area contributed by atoms with Crippen LogP contribution >= 0.6 is 0 Å². The van der Waals surface area contributed by atoms with E-state index in [2.05, 4.69) is 111 Å². The topological polar surface area (TPSA) is 95.9 Å². The summed E-state index contributed by atoms with van der Waals surface area (Å²) in [7, 11) is 0. The molecular weight excluding hydrogens is 755 g/mol. The summed E-state index contributed by atoms with van der Waals surface area (Å²) in [6, 6.07) is -0.740. The van der Waals surface area contributed by atoms with E-state index in [0.717, 1.165) is 96.3 Å². The van der Waals surface area contributed by atoms with E-state index >= 15 is 0 Å². The number of amides is 1. The molecule has 0 bridgehead atoms. The van der Waals surface area contributed by atoms with Gasteiger partial charge in [0.2, 0.25) is 5.91 Å². The molecular formula is C55H93NO5. The lowest BCUT2D eigenvalue weighted by atomic mass is 10.0. The fraction of sp³-hybridized carbons (Fsp3) is 0.673. The van der Waals surface area contributed by atoms with Crippen molar-refractivity contribution >= 4 is 11.9 Å². The molecule has 0 rings (SSSR count). The molecule has 0 aliphatic rings. The van der Waals surface area contributed by atoms with Crippen molar-refractivity contribution < 1.29 is 24.5 Å². The monoisotopic (exact) mass is 848 g/mol. The Hall–Kier alpha value is -3.22. The van der Waals surface area contributed by atoms with Crippen LogP contribution in [-0.4, -0.2) is 46.9 Å². The van der Waals surface area contributed by atoms with E-state index in [0.29, 0.717) is 19.3 Å². The Bertz CT molecular complexity index is 1220. The van der Waals surface area contributed by atoms with Crippen LogP contribution in [0.1, 0.15) is 213 Å². The number of carbonyl (C=O) groups is 2. The van der Waals surface area contributed by atoms with Gasteiger partial charge in [0.05, 0.1) is 25.2 Å². The molecule has 1 amide bonds. The minimum absolute atomic E-state index is 0.0145. The second kappa shape index (κ2) is 47.8. The van der Waals surface area contributed by atoms with Gasteiger partial charge in [0.1, 0.15) is 6.10 Å². The van der Waals surface area contributed by atoms with Gasteiger partial charge >= 0.3 is 5.97 Å². The number of hydrogen-bond donors (Lipinski definition) is 3. The van der Waals surface area contributed by atoms with Crippen molar-refractivity contribution in [2.24, 2.45) is 0 Å². The number of rotatable bonds is 43. The summed E-state index contributed by atoms with van der Waals surface area (Å²) in [6.45, 7) is 6.29. The molecule has 0 aliphatic heterocycles. The normalized spacial score (nSPS) is 14.1. The molecule has 6 nitrogen and oxygen atoms in total. The van der Waals surface area contributed by atoms with Crippen LogP contribution < -0.4 is 5.32 Å². The number of aliphatic hydroxyl groups excluding tert-OH is 2. The molecule has 61 heavy (non-hydrogen) atoms. The van der Waals surface area contributed by atoms with E-state index in [-0.39, 0.29) is 24.9 Å². The van der Waals surface area contributed by atoms with E-state index in [9.17, 15) is 19.8 Å². The zero-order valence-corrected chi connectivity index (χ0v) is 39.5. The van der Waals surface area contributed by atoms with E-state index < -0.39 is 18.2 Å². The summed E-state index contributed by atoms with van der Waals surface area (Å²) >= 11 is 0. The van der Waals surface area contributed by atoms with Crippen LogP contribution in [0.15, 0.2) is 97.2 Å². The van der Waals surface area contributed by atoms with Crippen LogP contribution in [0, 0.1) is 0 Å². The first-order chi connectivity index (χ1) is 30.0. The lowest BCUT2D eigenvalue weighted by Crippen LogP contribution is -2.46. The molecule has 0 aromatic carbocycles. The third-order valence-corrected chi connectivity index (χ3v) is 10.7. The van der Waals surface area contributed by atoms with Crippen molar-refractivity contribution in [1.82, 2.24) is 5.32 Å². The maximum atomic E-state index is 13.1. The SMILES string of the molecule is CC/C=C\C/C=C\C/C=C\C/C=C\C/C=C\CC(CC(=O)NC(CO)C(O)CCCCCCCCCCC)OC(=O)CCCCCCC/C=C/C=C/C=C/CCCCCCC. The third-order valence-electron chi connectivity index (χ3n) is 10.7. The molecule has 0 heterocycles. The second-order valence-corrected chi connectivity index (χ2v) is 16.6. The summed E-state index contributed by atoms with van der Waals surface area (Å²) in [6.07, 6.45) is 63.4. The number of esters is 1. The maximum absolute atomic E-state index is 13.1. The largest absolute Gasteiger partial charge is 0.461 e. The first-order valence-electron chi connectivity index (χ1n) is 25.0. The van der Waals surface area contributed by atoms with Crippen molar-refractivity contribution in [3.8, 4) is 0 Å². The minimum atomic E-state index is -0.819. The Morgan fingerprint density at radius 3 is 1.46 bits per heavy atom. The van der Waals surface area contributed by atoms with Gasteiger partial charge in [-0.3, -0.25) is 9.59 Å². The van der Waals surface area contributed by atoms with Gasteiger partial charge < -0.3 is 20.3 Å². The number of aliphatic hydroxyl groups is 2. The van der Waals surface area contributed by atoms with E-state index in [1.807, 2.05) is 12.2 Å². The van der Waals surface area contributed by atoms with Gasteiger partial charge in [-0.2, -0.15) is 0 Å². The van der Waals surface area contributed by atoms with Crippen molar-refractivity contribution in [3.05, 3.63) is 97.2 Å². The summed E-state index contributed by atoms with van der Waals surface area (Å²) < 4.78 is 5.85. The van der Waals surface area contributed by atoms with Crippen LogP contribution in [0.2, 0.25) is 0 Å². The summed E-state index contributed by atoms with van der Waals surface area (Å²) in [5, 5.41) is 23.6. The molecule has 0 saturated carbocycles. The molecule has 0 saturated heterocycles. The number of carbonyl (C=O) groups excluding carboxylic acids is 2. The highest BCUT2D eigenvalue weighted by Crippen LogP contribution is 2.15. The number of allylic oxidation sites excluding steroid dienone is 15. The van der Waals surface area contributed by atoms with Crippen LogP contribution in [-0.2, 0) is 14.3 Å². The van der Waals surface area contributed by atoms with Crippen molar-refractivity contribution in [3.63, 3.8) is 0 Å². The maximum Gasteiger partial charge on any atom is 0.306 e. The second-order valence-electron chi connectivity index (χ2n) is 16.6. The zero-order valence-electron chi connectivity index (χ0n) is 39.5. The Kier molecular flexibility index (Phi) is 45.3. The fourth-order valence-corrected chi connectivity index (χ4v) is 6.92. The number of unbranched alkanes of at least 4 members (excludes halogenated alkanes) is 18. The number of ether oxygens (including phenoxy) is 1. The molecule has 0 radical (unpaired) electrons. The fourth-order valence-electron chi connectivity index (χ4n) is 6.92. The van der Waals surface area contributed by atoms with E-state index in [1.54, 1.807) is 0 Å². The van der Waals surface area contributed by atoms with Crippen molar-refractivity contribution in [2.75, 3.05) is 6.61 Å². The van der Waals surface area contributed by atoms with Crippen LogP contribution in [0.4, 0.5) is 0 Å². The van der Waals surface area contributed by atoms with Gasteiger partial charge in [0.25, 0.3) is 0 Å². The molecule has 348 valence electrons. The standard InChI is InChI=1S/C55H93NO5/c1-4-7-10-13-16-19-21-23-25-26-27-29-31-33-36-39-42-45-48-55(60)61-51(46-43-40-37-35-32-30-28-24-22-20-17-14-11-8-5-2)49-54(59)56-52(50-57)53(58)47-44-41-38-34-18-15-12-9-6-3/h8,11,17,20-21,23-29,32,35,40,43,51-53,57-58H,4-7,9-10,12-16,18-19,22,30-31,33-34,36-39,41-42,44-50H2,1-3H3,(H,56,59)/b11-8-,20-17-,23-21+,26-25+,28-24-,29-27+,35-32-,43-40-. The first kappa shape index (κ1) is 57.8. The summed E-state index contributed by atoms with van der Waals surface area (Å²) in [5.74, 6) is -0.612. The van der Waals surface area contributed by atoms with Crippen LogP contribution in [0.25, 0.3) is 0 Å². The quantitative estimate of drug-likeness (QED) is 0.0246. The van der Waals surface area contributed by atoms with Gasteiger partial charge in [-0.15, -0.1) is 0 Å². The average Bonchev–Trinajstić information content (AvgIpc) is 3.25. The molecule has 0 aromatic rings. The molecule has 0 aromatic heterocycles. The average molecular weight is 848 g/mol. The zero-order chi connectivity index (χ0) is 44.5. The molecule has 3 atom stereocenters. The molecule has 0 fully saturated rings. The van der Waals surface area contributed by atoms with Crippen molar-refractivity contribution in [1.29, 1.82) is 0 Å². The number of nitrogens with one attached hydrogen (secondary N) is 1. The molecule has 0 aliphatic carbocycles. The Labute approximate surface area is 376 Å². The van der Waals surface area contributed by atoms with Gasteiger partial charge in [-0.05, 0) is 70.6 Å². The van der Waals surface area contributed by atoms with E-state index in [1.165, 1.54) is 70.6 Å². The first-order valence-corrected chi connectivity index (χ1v) is 25.0. The Morgan fingerprint density at radius 1 is 0.525 bits per heavy atom. The van der Waals surface area contributed by atoms with Crippen LogP contribution in [0.5, 0.6) is 0 Å². The van der Waals surface area contributed by atoms with Gasteiger partial charge in [0.15, 0.2) is 0 Å². The lowest BCUT2D eigenvalue weighted by molar-refractivity contribution is -0.150. The summed E-state index contributed by atoms with van der Waals surface area (Å²) in [5.41, 5.74) is 0.